The molecule has 0 spiro atoms. The molecule has 3 rings (SSSR count). The number of likely N-dealkylation sites (N-methyl/N-ethyl adjacent to an activating group) is 1. The fourth-order valence-corrected chi connectivity index (χ4v) is 2.66. The zero-order valence-electron chi connectivity index (χ0n) is 13.8. The molecule has 0 fully saturated rings. The van der Waals surface area contributed by atoms with Gasteiger partial charge in [-0.3, -0.25) is 14.2 Å². The topological polar surface area (TPSA) is 55.2 Å². The summed E-state index contributed by atoms with van der Waals surface area (Å²) in [6.07, 6.45) is 1.26. The fraction of sp³-hybridized carbons (Fsp3) is 0.211. The van der Waals surface area contributed by atoms with E-state index >= 15 is 0 Å². The van der Waals surface area contributed by atoms with E-state index in [9.17, 15) is 9.59 Å². The van der Waals surface area contributed by atoms with Gasteiger partial charge in [0.05, 0.1) is 17.2 Å². The summed E-state index contributed by atoms with van der Waals surface area (Å²) in [6, 6.07) is 15.3. The number of hydrogen-bond acceptors (Lipinski definition) is 3. The number of para-hydroxylation sites is 2. The highest BCUT2D eigenvalue weighted by molar-refractivity contribution is 5.79. The first kappa shape index (κ1) is 15.9. The number of carbonyl (C=O) groups is 1. The number of aryl methyl sites for hydroxylation is 1. The first-order valence-corrected chi connectivity index (χ1v) is 7.79. The van der Waals surface area contributed by atoms with Gasteiger partial charge >= 0.3 is 0 Å². The van der Waals surface area contributed by atoms with Crippen LogP contribution in [0.2, 0.25) is 0 Å². The van der Waals surface area contributed by atoms with E-state index in [-0.39, 0.29) is 18.0 Å². The Labute approximate surface area is 140 Å². The van der Waals surface area contributed by atoms with E-state index in [4.69, 9.17) is 0 Å². The molecule has 5 heteroatoms. The lowest BCUT2D eigenvalue weighted by Gasteiger charge is -2.19. The first-order chi connectivity index (χ1) is 11.6. The van der Waals surface area contributed by atoms with Crippen LogP contribution in [0.25, 0.3) is 11.0 Å². The highest BCUT2D eigenvalue weighted by Gasteiger charge is 2.13. The van der Waals surface area contributed by atoms with Gasteiger partial charge in [-0.05, 0) is 30.2 Å². The van der Waals surface area contributed by atoms with Gasteiger partial charge in [-0.2, -0.15) is 0 Å². The van der Waals surface area contributed by atoms with E-state index < -0.39 is 0 Å². The van der Waals surface area contributed by atoms with Crippen molar-refractivity contribution < 1.29 is 4.79 Å². The van der Waals surface area contributed by atoms with Crippen LogP contribution in [0.1, 0.15) is 11.1 Å². The Balaban J connectivity index is 1.84. The summed E-state index contributed by atoms with van der Waals surface area (Å²) in [6.45, 7) is 2.54. The molecule has 0 unspecified atom stereocenters. The molecule has 0 aliphatic heterocycles. The molecule has 122 valence electrons. The van der Waals surface area contributed by atoms with E-state index in [2.05, 4.69) is 4.98 Å². The highest BCUT2D eigenvalue weighted by atomic mass is 16.2. The summed E-state index contributed by atoms with van der Waals surface area (Å²) in [5.74, 6) is -0.114. The molecule has 0 saturated heterocycles. The van der Waals surface area contributed by atoms with Crippen LogP contribution in [0.4, 0.5) is 0 Å². The van der Waals surface area contributed by atoms with Crippen LogP contribution in [0.5, 0.6) is 0 Å². The molecule has 0 radical (unpaired) electrons. The number of rotatable bonds is 4. The third-order valence-electron chi connectivity index (χ3n) is 4.14. The van der Waals surface area contributed by atoms with Crippen molar-refractivity contribution in [3.8, 4) is 0 Å². The van der Waals surface area contributed by atoms with Crippen molar-refractivity contribution >= 4 is 16.9 Å². The van der Waals surface area contributed by atoms with Gasteiger partial charge in [0.2, 0.25) is 5.91 Å². The monoisotopic (exact) mass is 321 g/mol. The second-order valence-corrected chi connectivity index (χ2v) is 5.85. The minimum atomic E-state index is -0.272. The van der Waals surface area contributed by atoms with Crippen molar-refractivity contribution in [2.24, 2.45) is 0 Å². The first-order valence-electron chi connectivity index (χ1n) is 7.79. The van der Waals surface area contributed by atoms with E-state index in [0.29, 0.717) is 17.6 Å². The Bertz CT molecular complexity index is 946. The SMILES string of the molecule is Cc1ccccc1CN(C)C(=O)Cn1c(=O)cnc2ccccc21. The van der Waals surface area contributed by atoms with E-state index in [1.54, 1.807) is 18.0 Å². The number of fused-ring (bicyclic) bond motifs is 1. The van der Waals surface area contributed by atoms with Crippen molar-refractivity contribution in [3.05, 3.63) is 76.2 Å². The molecule has 0 aliphatic carbocycles. The van der Waals surface area contributed by atoms with Crippen LogP contribution in [0, 0.1) is 6.92 Å². The molecule has 3 aromatic rings. The number of benzene rings is 2. The molecule has 1 amide bonds. The number of amides is 1. The molecule has 1 heterocycles. The van der Waals surface area contributed by atoms with Crippen molar-refractivity contribution in [1.82, 2.24) is 14.5 Å². The standard InChI is InChI=1S/C19H19N3O2/c1-14-7-3-4-8-15(14)12-21(2)19(24)13-22-17-10-6-5-9-16(17)20-11-18(22)23/h3-11H,12-13H2,1-2H3. The van der Waals surface area contributed by atoms with Crippen molar-refractivity contribution in [1.29, 1.82) is 0 Å². The van der Waals surface area contributed by atoms with Crippen molar-refractivity contribution in [3.63, 3.8) is 0 Å². The lowest BCUT2D eigenvalue weighted by Crippen LogP contribution is -2.34. The number of hydrogen-bond donors (Lipinski definition) is 0. The van der Waals surface area contributed by atoms with Crippen LogP contribution in [-0.4, -0.2) is 27.4 Å². The van der Waals surface area contributed by atoms with Crippen LogP contribution >= 0.6 is 0 Å². The predicted molar refractivity (Wildman–Crippen MR) is 93.7 cm³/mol. The minimum absolute atomic E-state index is 0.00421. The summed E-state index contributed by atoms with van der Waals surface area (Å²) in [7, 11) is 1.75. The largest absolute Gasteiger partial charge is 0.340 e. The Hall–Kier alpha value is -2.95. The number of carbonyl (C=O) groups excluding carboxylic acids is 1. The van der Waals surface area contributed by atoms with Crippen LogP contribution in [0.3, 0.4) is 0 Å². The minimum Gasteiger partial charge on any atom is -0.340 e. The molecule has 0 N–H and O–H groups in total. The zero-order valence-corrected chi connectivity index (χ0v) is 13.8. The zero-order chi connectivity index (χ0) is 17.1. The van der Waals surface area contributed by atoms with Gasteiger partial charge in [-0.1, -0.05) is 36.4 Å². The third-order valence-corrected chi connectivity index (χ3v) is 4.14. The smallest absolute Gasteiger partial charge is 0.269 e. The Morgan fingerprint density at radius 1 is 1.12 bits per heavy atom. The van der Waals surface area contributed by atoms with E-state index in [1.165, 1.54) is 10.8 Å². The maximum atomic E-state index is 12.6. The lowest BCUT2D eigenvalue weighted by atomic mass is 10.1. The van der Waals surface area contributed by atoms with Crippen LogP contribution in [-0.2, 0) is 17.9 Å². The summed E-state index contributed by atoms with van der Waals surface area (Å²) in [5.41, 5.74) is 3.34. The van der Waals surface area contributed by atoms with Gasteiger partial charge in [-0.15, -0.1) is 0 Å². The van der Waals surface area contributed by atoms with Gasteiger partial charge in [0.1, 0.15) is 6.54 Å². The Morgan fingerprint density at radius 3 is 2.62 bits per heavy atom. The van der Waals surface area contributed by atoms with Gasteiger partial charge in [0.25, 0.3) is 5.56 Å². The van der Waals surface area contributed by atoms with Gasteiger partial charge in [0.15, 0.2) is 0 Å². The Morgan fingerprint density at radius 2 is 1.83 bits per heavy atom. The average Bonchev–Trinajstić information content (AvgIpc) is 2.59. The summed E-state index contributed by atoms with van der Waals surface area (Å²) >= 11 is 0. The van der Waals surface area contributed by atoms with Crippen LogP contribution < -0.4 is 5.56 Å². The second-order valence-electron chi connectivity index (χ2n) is 5.85. The summed E-state index contributed by atoms with van der Waals surface area (Å²) < 4.78 is 1.47. The van der Waals surface area contributed by atoms with Gasteiger partial charge < -0.3 is 4.90 Å². The normalized spacial score (nSPS) is 10.8. The number of aromatic nitrogens is 2. The maximum absolute atomic E-state index is 12.6. The fourth-order valence-electron chi connectivity index (χ4n) is 2.66. The third kappa shape index (κ3) is 3.20. The average molecular weight is 321 g/mol. The molecule has 24 heavy (non-hydrogen) atoms. The van der Waals surface area contributed by atoms with Crippen molar-refractivity contribution in [2.75, 3.05) is 7.05 Å². The Kier molecular flexibility index (Phi) is 4.42. The van der Waals surface area contributed by atoms with E-state index in [1.807, 2.05) is 49.4 Å². The maximum Gasteiger partial charge on any atom is 0.269 e. The molecule has 5 nitrogen and oxygen atoms in total. The molecule has 0 bridgehead atoms. The molecule has 2 aromatic carbocycles. The molecule has 0 atom stereocenters. The van der Waals surface area contributed by atoms with Crippen LogP contribution in [0.15, 0.2) is 59.5 Å². The summed E-state index contributed by atoms with van der Waals surface area (Å²) in [4.78, 5) is 30.5. The molecule has 1 aromatic heterocycles. The van der Waals surface area contributed by atoms with Gasteiger partial charge in [-0.25, -0.2) is 4.98 Å². The predicted octanol–water partition coefficient (Wildman–Crippen LogP) is 2.36. The molecule has 0 saturated carbocycles. The molecular formula is C19H19N3O2. The van der Waals surface area contributed by atoms with E-state index in [0.717, 1.165) is 11.1 Å². The molecule has 0 aliphatic rings. The molecular weight excluding hydrogens is 302 g/mol. The van der Waals surface area contributed by atoms with Gasteiger partial charge in [0, 0.05) is 13.6 Å². The number of nitrogens with zero attached hydrogens (tertiary/aromatic N) is 3. The quantitative estimate of drug-likeness (QED) is 0.741. The lowest BCUT2D eigenvalue weighted by molar-refractivity contribution is -0.131. The highest BCUT2D eigenvalue weighted by Crippen LogP contribution is 2.11. The summed E-state index contributed by atoms with van der Waals surface area (Å²) in [5, 5.41) is 0. The second kappa shape index (κ2) is 6.66. The van der Waals surface area contributed by atoms with Crippen molar-refractivity contribution in [2.45, 2.75) is 20.0 Å².